The number of thiophene rings is 1. The summed E-state index contributed by atoms with van der Waals surface area (Å²) in [6.07, 6.45) is 1.61. The second-order valence-electron chi connectivity index (χ2n) is 4.63. The van der Waals surface area contributed by atoms with E-state index in [4.69, 9.17) is 11.6 Å². The van der Waals surface area contributed by atoms with Gasteiger partial charge in [-0.3, -0.25) is 0 Å². The standard InChI is InChI=1S/C15H14ClFN2S/c16-6-3-15-18-13-2-1-12(17)9-14(13)19(15)7-4-11-5-8-20-10-11/h1-2,5,8-10H,3-4,6-7H2. The SMILES string of the molecule is Fc1ccc2nc(CCCl)n(CCc3ccsc3)c2c1. The second-order valence-corrected chi connectivity index (χ2v) is 5.79. The average Bonchev–Trinajstić information content (AvgIpc) is 3.04. The fraction of sp³-hybridized carbons (Fsp3) is 0.267. The number of fused-ring (bicyclic) bond motifs is 1. The Bertz CT molecular complexity index is 706. The first-order chi connectivity index (χ1) is 9.78. The molecule has 2 aromatic heterocycles. The molecule has 0 saturated carbocycles. The molecule has 0 atom stereocenters. The molecule has 104 valence electrons. The molecule has 0 saturated heterocycles. The number of halogens is 2. The van der Waals surface area contributed by atoms with Gasteiger partial charge in [-0.25, -0.2) is 9.37 Å². The summed E-state index contributed by atoms with van der Waals surface area (Å²) in [6, 6.07) is 6.84. The predicted octanol–water partition coefficient (Wildman–Crippen LogP) is 4.26. The van der Waals surface area contributed by atoms with Crippen LogP contribution in [0.15, 0.2) is 35.0 Å². The van der Waals surface area contributed by atoms with E-state index in [1.165, 1.54) is 11.6 Å². The molecule has 0 amide bonds. The maximum Gasteiger partial charge on any atom is 0.125 e. The van der Waals surface area contributed by atoms with Crippen LogP contribution in [-0.4, -0.2) is 15.4 Å². The Morgan fingerprint density at radius 3 is 2.90 bits per heavy atom. The van der Waals surface area contributed by atoms with Crippen LogP contribution in [0.4, 0.5) is 4.39 Å². The molecule has 3 rings (SSSR count). The Labute approximate surface area is 125 Å². The number of nitrogens with zero attached hydrogens (tertiary/aromatic N) is 2. The van der Waals surface area contributed by atoms with Crippen molar-refractivity contribution < 1.29 is 4.39 Å². The van der Waals surface area contributed by atoms with Crippen molar-refractivity contribution in [1.82, 2.24) is 9.55 Å². The molecule has 0 aliphatic rings. The molecule has 0 fully saturated rings. The first-order valence-corrected chi connectivity index (χ1v) is 7.97. The fourth-order valence-electron chi connectivity index (χ4n) is 2.35. The van der Waals surface area contributed by atoms with Gasteiger partial charge in [0.1, 0.15) is 11.6 Å². The zero-order chi connectivity index (χ0) is 13.9. The number of hydrogen-bond acceptors (Lipinski definition) is 2. The van der Waals surface area contributed by atoms with E-state index < -0.39 is 0 Å². The molecular formula is C15H14ClFN2S. The minimum absolute atomic E-state index is 0.230. The van der Waals surface area contributed by atoms with Crippen molar-refractivity contribution >= 4 is 34.0 Å². The first kappa shape index (κ1) is 13.6. The highest BCUT2D eigenvalue weighted by Crippen LogP contribution is 2.19. The van der Waals surface area contributed by atoms with E-state index in [-0.39, 0.29) is 5.82 Å². The van der Waals surface area contributed by atoms with Gasteiger partial charge in [-0.15, -0.1) is 11.6 Å². The molecule has 0 radical (unpaired) electrons. The zero-order valence-electron chi connectivity index (χ0n) is 10.9. The van der Waals surface area contributed by atoms with Gasteiger partial charge < -0.3 is 4.57 Å². The zero-order valence-corrected chi connectivity index (χ0v) is 12.4. The Morgan fingerprint density at radius 1 is 1.25 bits per heavy atom. The number of imidazole rings is 1. The molecule has 0 spiro atoms. The maximum absolute atomic E-state index is 13.5. The largest absolute Gasteiger partial charge is 0.328 e. The van der Waals surface area contributed by atoms with Gasteiger partial charge in [0.05, 0.1) is 11.0 Å². The van der Waals surface area contributed by atoms with Crippen molar-refractivity contribution in [3.05, 3.63) is 52.2 Å². The van der Waals surface area contributed by atoms with Gasteiger partial charge in [0.25, 0.3) is 0 Å². The third-order valence-corrected chi connectivity index (χ3v) is 4.23. The van der Waals surface area contributed by atoms with Crippen molar-refractivity contribution in [2.24, 2.45) is 0 Å². The van der Waals surface area contributed by atoms with E-state index in [9.17, 15) is 4.39 Å². The lowest BCUT2D eigenvalue weighted by Crippen LogP contribution is -2.06. The number of alkyl halides is 1. The average molecular weight is 309 g/mol. The van der Waals surface area contributed by atoms with E-state index in [2.05, 4.69) is 26.4 Å². The van der Waals surface area contributed by atoms with Gasteiger partial charge in [0.15, 0.2) is 0 Å². The Hall–Kier alpha value is -1.39. The number of benzene rings is 1. The molecule has 0 N–H and O–H groups in total. The summed E-state index contributed by atoms with van der Waals surface area (Å²) in [5.41, 5.74) is 2.97. The summed E-state index contributed by atoms with van der Waals surface area (Å²) in [6.45, 7) is 0.795. The van der Waals surface area contributed by atoms with Crippen molar-refractivity contribution in [3.8, 4) is 0 Å². The molecule has 2 heterocycles. The molecule has 20 heavy (non-hydrogen) atoms. The second kappa shape index (κ2) is 5.94. The van der Waals surface area contributed by atoms with Crippen molar-refractivity contribution in [2.75, 3.05) is 5.88 Å². The van der Waals surface area contributed by atoms with E-state index in [1.807, 2.05) is 0 Å². The molecule has 0 aliphatic carbocycles. The number of rotatable bonds is 5. The van der Waals surface area contributed by atoms with Crippen LogP contribution in [-0.2, 0) is 19.4 Å². The smallest absolute Gasteiger partial charge is 0.125 e. The van der Waals surface area contributed by atoms with Gasteiger partial charge in [-0.2, -0.15) is 11.3 Å². The van der Waals surface area contributed by atoms with Crippen LogP contribution in [0, 0.1) is 5.82 Å². The summed E-state index contributed by atoms with van der Waals surface area (Å²) in [7, 11) is 0. The Morgan fingerprint density at radius 2 is 2.15 bits per heavy atom. The normalized spacial score (nSPS) is 11.3. The minimum Gasteiger partial charge on any atom is -0.328 e. The van der Waals surface area contributed by atoms with Crippen LogP contribution in [0.25, 0.3) is 11.0 Å². The summed E-state index contributed by atoms with van der Waals surface area (Å²) in [5, 5.41) is 4.21. The number of hydrogen-bond donors (Lipinski definition) is 0. The lowest BCUT2D eigenvalue weighted by molar-refractivity contribution is 0.626. The third-order valence-electron chi connectivity index (χ3n) is 3.31. The first-order valence-electron chi connectivity index (χ1n) is 6.49. The lowest BCUT2D eigenvalue weighted by Gasteiger charge is -2.07. The van der Waals surface area contributed by atoms with Crippen LogP contribution < -0.4 is 0 Å². The van der Waals surface area contributed by atoms with E-state index in [0.717, 1.165) is 29.8 Å². The number of aromatic nitrogens is 2. The van der Waals surface area contributed by atoms with Gasteiger partial charge in [0.2, 0.25) is 0 Å². The predicted molar refractivity (Wildman–Crippen MR) is 82.1 cm³/mol. The molecule has 5 heteroatoms. The molecule has 0 unspecified atom stereocenters. The fourth-order valence-corrected chi connectivity index (χ4v) is 3.22. The quantitative estimate of drug-likeness (QED) is 0.644. The van der Waals surface area contributed by atoms with Crippen LogP contribution >= 0.6 is 22.9 Å². The van der Waals surface area contributed by atoms with Crippen LogP contribution in [0.5, 0.6) is 0 Å². The van der Waals surface area contributed by atoms with Gasteiger partial charge in [0, 0.05) is 18.8 Å². The lowest BCUT2D eigenvalue weighted by atomic mass is 10.2. The summed E-state index contributed by atoms with van der Waals surface area (Å²) in [5.74, 6) is 1.21. The molecule has 2 nitrogen and oxygen atoms in total. The van der Waals surface area contributed by atoms with Crippen molar-refractivity contribution in [3.63, 3.8) is 0 Å². The summed E-state index contributed by atoms with van der Waals surface area (Å²) < 4.78 is 15.5. The highest BCUT2D eigenvalue weighted by molar-refractivity contribution is 7.07. The molecule has 3 aromatic rings. The highest BCUT2D eigenvalue weighted by Gasteiger charge is 2.11. The minimum atomic E-state index is -0.230. The van der Waals surface area contributed by atoms with Gasteiger partial charge in [-0.1, -0.05) is 0 Å². The maximum atomic E-state index is 13.5. The monoisotopic (exact) mass is 308 g/mol. The Kier molecular flexibility index (Phi) is 4.03. The van der Waals surface area contributed by atoms with Gasteiger partial charge in [-0.05, 0) is 47.0 Å². The van der Waals surface area contributed by atoms with Crippen LogP contribution in [0.1, 0.15) is 11.4 Å². The molecule has 1 aromatic carbocycles. The molecule has 0 bridgehead atoms. The highest BCUT2D eigenvalue weighted by atomic mass is 35.5. The summed E-state index contributed by atoms with van der Waals surface area (Å²) in [4.78, 5) is 4.56. The van der Waals surface area contributed by atoms with Crippen LogP contribution in [0.3, 0.4) is 0 Å². The summed E-state index contributed by atoms with van der Waals surface area (Å²) >= 11 is 7.53. The van der Waals surface area contributed by atoms with E-state index >= 15 is 0 Å². The number of aryl methyl sites for hydroxylation is 3. The van der Waals surface area contributed by atoms with Crippen molar-refractivity contribution in [1.29, 1.82) is 0 Å². The van der Waals surface area contributed by atoms with E-state index in [0.29, 0.717) is 12.3 Å². The van der Waals surface area contributed by atoms with E-state index in [1.54, 1.807) is 23.5 Å². The molecule has 0 aliphatic heterocycles. The van der Waals surface area contributed by atoms with Crippen LogP contribution in [0.2, 0.25) is 0 Å². The van der Waals surface area contributed by atoms with Crippen molar-refractivity contribution in [2.45, 2.75) is 19.4 Å². The molecular weight excluding hydrogens is 295 g/mol. The third kappa shape index (κ3) is 2.72. The Balaban J connectivity index is 1.96. The van der Waals surface area contributed by atoms with Gasteiger partial charge >= 0.3 is 0 Å². The topological polar surface area (TPSA) is 17.8 Å².